The van der Waals surface area contributed by atoms with Gasteiger partial charge in [0.25, 0.3) is 5.91 Å². The highest BCUT2D eigenvalue weighted by Gasteiger charge is 2.17. The molecule has 0 unspecified atom stereocenters. The van der Waals surface area contributed by atoms with Gasteiger partial charge in [-0.3, -0.25) is 4.79 Å². The van der Waals surface area contributed by atoms with Crippen molar-refractivity contribution in [1.82, 2.24) is 24.7 Å². The molecule has 0 atom stereocenters. The lowest BCUT2D eigenvalue weighted by molar-refractivity contribution is 0.102. The van der Waals surface area contributed by atoms with Gasteiger partial charge in [0.05, 0.1) is 17.5 Å². The summed E-state index contributed by atoms with van der Waals surface area (Å²) in [7, 11) is 0. The summed E-state index contributed by atoms with van der Waals surface area (Å²) in [5.41, 5.74) is 4.70. The van der Waals surface area contributed by atoms with Gasteiger partial charge in [0, 0.05) is 29.3 Å². The molecule has 1 aromatic carbocycles. The third-order valence-electron chi connectivity index (χ3n) is 4.94. The number of benzene rings is 1. The molecule has 156 valence electrons. The topological polar surface area (TPSA) is 97.6 Å². The van der Waals surface area contributed by atoms with Crippen LogP contribution in [0.5, 0.6) is 0 Å². The number of nitrogens with one attached hydrogen (secondary N) is 2. The molecule has 0 aliphatic heterocycles. The molecule has 8 heteroatoms. The number of pyridine rings is 1. The molecule has 0 fully saturated rings. The van der Waals surface area contributed by atoms with Gasteiger partial charge in [0.1, 0.15) is 12.1 Å². The summed E-state index contributed by atoms with van der Waals surface area (Å²) < 4.78 is 1.66. The molecule has 3 heterocycles. The molecule has 0 bridgehead atoms. The van der Waals surface area contributed by atoms with E-state index in [2.05, 4.69) is 37.6 Å². The van der Waals surface area contributed by atoms with E-state index in [4.69, 9.17) is 0 Å². The van der Waals surface area contributed by atoms with E-state index < -0.39 is 0 Å². The lowest BCUT2D eigenvalue weighted by Gasteiger charge is -2.13. The van der Waals surface area contributed by atoms with Crippen LogP contribution in [0.1, 0.15) is 34.2 Å². The maximum Gasteiger partial charge on any atom is 0.259 e. The Hall–Kier alpha value is -4.07. The zero-order valence-corrected chi connectivity index (χ0v) is 17.6. The molecule has 0 aliphatic carbocycles. The van der Waals surface area contributed by atoms with Crippen molar-refractivity contribution in [1.29, 1.82) is 0 Å². The predicted octanol–water partition coefficient (Wildman–Crippen LogP) is 4.23. The fourth-order valence-electron chi connectivity index (χ4n) is 3.28. The average Bonchev–Trinajstić information content (AvgIpc) is 3.16. The highest BCUT2D eigenvalue weighted by molar-refractivity contribution is 6.05. The first-order valence-corrected chi connectivity index (χ1v) is 10.0. The monoisotopic (exact) mass is 413 g/mol. The Morgan fingerprint density at radius 3 is 2.68 bits per heavy atom. The quantitative estimate of drug-likeness (QED) is 0.491. The Bertz CT molecular complexity index is 1220. The highest BCUT2D eigenvalue weighted by Crippen LogP contribution is 2.25. The molecule has 0 aliphatic rings. The van der Waals surface area contributed by atoms with Crippen molar-refractivity contribution >= 4 is 23.1 Å². The molecule has 8 nitrogen and oxygen atoms in total. The predicted molar refractivity (Wildman–Crippen MR) is 120 cm³/mol. The molecule has 4 aromatic rings. The zero-order chi connectivity index (χ0) is 21.8. The Morgan fingerprint density at radius 2 is 1.94 bits per heavy atom. The second-order valence-corrected chi connectivity index (χ2v) is 7.09. The van der Waals surface area contributed by atoms with Gasteiger partial charge in [-0.05, 0) is 50.1 Å². The van der Waals surface area contributed by atoms with Crippen molar-refractivity contribution < 1.29 is 4.79 Å². The van der Waals surface area contributed by atoms with Crippen molar-refractivity contribution in [3.63, 3.8) is 0 Å². The minimum Gasteiger partial charge on any atom is -0.340 e. The van der Waals surface area contributed by atoms with Crippen LogP contribution in [0.25, 0.3) is 5.82 Å². The summed E-state index contributed by atoms with van der Waals surface area (Å²) >= 11 is 0. The van der Waals surface area contributed by atoms with Gasteiger partial charge in [0.2, 0.25) is 0 Å². The lowest BCUT2D eigenvalue weighted by atomic mass is 10.1. The van der Waals surface area contributed by atoms with Crippen molar-refractivity contribution in [3.8, 4) is 5.82 Å². The SMILES string of the molecule is CCc1ccc(Nc2cc(C)ncn2)cc1NC(=O)c1cnn(-c2ccccn2)c1C. The molecule has 2 N–H and O–H groups in total. The van der Waals surface area contributed by atoms with Gasteiger partial charge >= 0.3 is 0 Å². The zero-order valence-electron chi connectivity index (χ0n) is 17.6. The lowest BCUT2D eigenvalue weighted by Crippen LogP contribution is -2.14. The number of hydrogen-bond donors (Lipinski definition) is 2. The molecular weight excluding hydrogens is 390 g/mol. The largest absolute Gasteiger partial charge is 0.340 e. The normalized spacial score (nSPS) is 10.7. The molecule has 0 spiro atoms. The second-order valence-electron chi connectivity index (χ2n) is 7.09. The van der Waals surface area contributed by atoms with Crippen molar-refractivity contribution in [3.05, 3.63) is 83.7 Å². The molecule has 4 rings (SSSR count). The van der Waals surface area contributed by atoms with E-state index in [0.29, 0.717) is 17.2 Å². The molecule has 0 saturated carbocycles. The summed E-state index contributed by atoms with van der Waals surface area (Å²) in [6, 6.07) is 13.3. The van der Waals surface area contributed by atoms with Crippen molar-refractivity contribution in [2.45, 2.75) is 27.2 Å². The van der Waals surface area contributed by atoms with Gasteiger partial charge in [-0.25, -0.2) is 19.6 Å². The number of aryl methyl sites for hydroxylation is 2. The third-order valence-corrected chi connectivity index (χ3v) is 4.94. The van der Waals surface area contributed by atoms with E-state index in [9.17, 15) is 4.79 Å². The van der Waals surface area contributed by atoms with Crippen molar-refractivity contribution in [2.75, 3.05) is 10.6 Å². The maximum absolute atomic E-state index is 13.0. The first-order chi connectivity index (χ1) is 15.0. The summed E-state index contributed by atoms with van der Waals surface area (Å²) in [5, 5.41) is 10.6. The molecule has 3 aromatic heterocycles. The number of anilines is 3. The highest BCUT2D eigenvalue weighted by atomic mass is 16.1. The van der Waals surface area contributed by atoms with E-state index in [1.54, 1.807) is 17.1 Å². The van der Waals surface area contributed by atoms with E-state index in [0.717, 1.165) is 34.7 Å². The second kappa shape index (κ2) is 8.74. The third kappa shape index (κ3) is 4.42. The van der Waals surface area contributed by atoms with Crippen LogP contribution in [0.2, 0.25) is 0 Å². The fraction of sp³-hybridized carbons (Fsp3) is 0.174. The van der Waals surface area contributed by atoms with Gasteiger partial charge in [-0.2, -0.15) is 5.10 Å². The number of rotatable bonds is 6. The van der Waals surface area contributed by atoms with Gasteiger partial charge in [0.15, 0.2) is 5.82 Å². The molecule has 31 heavy (non-hydrogen) atoms. The number of nitrogens with zero attached hydrogens (tertiary/aromatic N) is 5. The Morgan fingerprint density at radius 1 is 1.06 bits per heavy atom. The molecule has 0 saturated heterocycles. The summed E-state index contributed by atoms with van der Waals surface area (Å²) in [6.45, 7) is 5.81. The molecular formula is C23H23N7O. The number of amides is 1. The van der Waals surface area contributed by atoms with E-state index >= 15 is 0 Å². The minimum absolute atomic E-state index is 0.218. The average molecular weight is 413 g/mol. The standard InChI is InChI=1S/C23H23N7O/c1-4-17-8-9-18(28-21-11-15(2)25-14-26-21)12-20(17)29-23(31)19-13-27-30(16(19)3)22-7-5-6-10-24-22/h5-14H,4H2,1-3H3,(H,29,31)(H,25,26,28). The first-order valence-electron chi connectivity index (χ1n) is 10.0. The smallest absolute Gasteiger partial charge is 0.259 e. The van der Waals surface area contributed by atoms with Crippen LogP contribution in [0, 0.1) is 13.8 Å². The number of carbonyl (C=O) groups excluding carboxylic acids is 1. The Kier molecular flexibility index (Phi) is 5.70. The van der Waals surface area contributed by atoms with Crippen LogP contribution < -0.4 is 10.6 Å². The number of hydrogen-bond acceptors (Lipinski definition) is 6. The van der Waals surface area contributed by atoms with Crippen LogP contribution in [-0.2, 0) is 6.42 Å². The number of aromatic nitrogens is 5. The maximum atomic E-state index is 13.0. The Labute approximate surface area is 180 Å². The molecule has 1 amide bonds. The van der Waals surface area contributed by atoms with E-state index in [1.165, 1.54) is 6.33 Å². The van der Waals surface area contributed by atoms with Gasteiger partial charge in [-0.15, -0.1) is 0 Å². The van der Waals surface area contributed by atoms with Crippen molar-refractivity contribution in [2.24, 2.45) is 0 Å². The Balaban J connectivity index is 1.58. The summed E-state index contributed by atoms with van der Waals surface area (Å²) in [6.07, 6.45) is 5.57. The van der Waals surface area contributed by atoms with Crippen LogP contribution >= 0.6 is 0 Å². The first kappa shape index (κ1) is 20.2. The van der Waals surface area contributed by atoms with E-state index in [1.807, 2.05) is 56.3 Å². The number of carbonyl (C=O) groups is 1. The summed E-state index contributed by atoms with van der Waals surface area (Å²) in [5.74, 6) is 1.14. The fourth-order valence-corrected chi connectivity index (χ4v) is 3.28. The van der Waals surface area contributed by atoms with Crippen LogP contribution in [0.4, 0.5) is 17.2 Å². The van der Waals surface area contributed by atoms with Gasteiger partial charge in [-0.1, -0.05) is 19.1 Å². The van der Waals surface area contributed by atoms with Crippen LogP contribution in [-0.4, -0.2) is 30.6 Å². The summed E-state index contributed by atoms with van der Waals surface area (Å²) in [4.78, 5) is 25.7. The van der Waals surface area contributed by atoms with E-state index in [-0.39, 0.29) is 5.91 Å². The molecule has 0 radical (unpaired) electrons. The van der Waals surface area contributed by atoms with Crippen LogP contribution in [0.15, 0.2) is 61.2 Å². The van der Waals surface area contributed by atoms with Gasteiger partial charge < -0.3 is 10.6 Å². The van der Waals surface area contributed by atoms with Crippen LogP contribution in [0.3, 0.4) is 0 Å². The minimum atomic E-state index is -0.218.